The van der Waals surface area contributed by atoms with E-state index in [4.69, 9.17) is 4.74 Å². The summed E-state index contributed by atoms with van der Waals surface area (Å²) in [5.74, 6) is -0.596. The summed E-state index contributed by atoms with van der Waals surface area (Å²) in [6, 6.07) is 2.10. The second-order valence-corrected chi connectivity index (χ2v) is 5.00. The summed E-state index contributed by atoms with van der Waals surface area (Å²) in [6.07, 6.45) is 1.66. The number of carbonyl (C=O) groups is 1. The van der Waals surface area contributed by atoms with Gasteiger partial charge in [-0.1, -0.05) is 0 Å². The maximum atomic E-state index is 12.1. The highest BCUT2D eigenvalue weighted by Gasteiger charge is 2.25. The van der Waals surface area contributed by atoms with Crippen molar-refractivity contribution in [3.8, 4) is 0 Å². The summed E-state index contributed by atoms with van der Waals surface area (Å²) in [6.45, 7) is 2.20. The van der Waals surface area contributed by atoms with Crippen LogP contribution < -0.4 is 5.32 Å². The number of benzene rings is 1. The molecule has 1 aromatic rings. The second-order valence-electron chi connectivity index (χ2n) is 5.00. The largest absolute Gasteiger partial charge is 0.376 e. The first-order chi connectivity index (χ1) is 10.4. The monoisotopic (exact) mass is 309 g/mol. The summed E-state index contributed by atoms with van der Waals surface area (Å²) in [5.41, 5.74) is -1.08. The Morgan fingerprint density at radius 2 is 1.91 bits per heavy atom. The molecule has 1 heterocycles. The van der Waals surface area contributed by atoms with E-state index in [1.54, 1.807) is 0 Å². The zero-order valence-electron chi connectivity index (χ0n) is 11.9. The van der Waals surface area contributed by atoms with Crippen molar-refractivity contribution < 1.29 is 19.4 Å². The molecule has 1 atom stereocenters. The number of nitrogens with zero attached hydrogens (tertiary/aromatic N) is 2. The van der Waals surface area contributed by atoms with Crippen LogP contribution in [-0.4, -0.2) is 35.0 Å². The number of nitrogens with one attached hydrogen (secondary N) is 1. The first kappa shape index (κ1) is 15.8. The molecule has 1 amide bonds. The summed E-state index contributed by atoms with van der Waals surface area (Å²) >= 11 is 0. The highest BCUT2D eigenvalue weighted by molar-refractivity contribution is 5.96. The zero-order chi connectivity index (χ0) is 16.3. The molecule has 0 unspecified atom stereocenters. The normalized spacial score (nSPS) is 17.2. The Labute approximate surface area is 125 Å². The van der Waals surface area contributed by atoms with Crippen molar-refractivity contribution in [1.82, 2.24) is 5.32 Å². The molecule has 0 spiro atoms. The topological polar surface area (TPSA) is 125 Å². The molecule has 9 nitrogen and oxygen atoms in total. The molecule has 9 heteroatoms. The lowest BCUT2D eigenvalue weighted by Gasteiger charge is -2.11. The van der Waals surface area contributed by atoms with Gasteiger partial charge in [-0.3, -0.25) is 25.0 Å². The van der Waals surface area contributed by atoms with Gasteiger partial charge in [0.15, 0.2) is 0 Å². The number of nitro benzene ring substituents is 2. The Morgan fingerprint density at radius 1 is 1.32 bits per heavy atom. The minimum Gasteiger partial charge on any atom is -0.376 e. The predicted octanol–water partition coefficient (Wildman–Crippen LogP) is 1.72. The van der Waals surface area contributed by atoms with Gasteiger partial charge in [-0.05, 0) is 19.8 Å². The number of nitro groups is 2. The van der Waals surface area contributed by atoms with Crippen LogP contribution in [0.2, 0.25) is 0 Å². The van der Waals surface area contributed by atoms with Crippen LogP contribution in [0.15, 0.2) is 12.1 Å². The SMILES string of the molecule is Cc1c([N+](=O)[O-])cc(C(=O)NC[C@H]2CCCO2)cc1[N+](=O)[O-]. The van der Waals surface area contributed by atoms with Gasteiger partial charge in [0, 0.05) is 25.3 Å². The fourth-order valence-electron chi connectivity index (χ4n) is 2.31. The third-order valence-corrected chi connectivity index (χ3v) is 3.52. The molecule has 1 N–H and O–H groups in total. The van der Waals surface area contributed by atoms with E-state index >= 15 is 0 Å². The Morgan fingerprint density at radius 3 is 2.36 bits per heavy atom. The Hall–Kier alpha value is -2.55. The molecule has 0 radical (unpaired) electrons. The van der Waals surface area contributed by atoms with E-state index in [9.17, 15) is 25.0 Å². The van der Waals surface area contributed by atoms with Gasteiger partial charge < -0.3 is 10.1 Å². The molecule has 22 heavy (non-hydrogen) atoms. The molecule has 1 aliphatic rings. The van der Waals surface area contributed by atoms with Gasteiger partial charge >= 0.3 is 0 Å². The number of hydrogen-bond donors (Lipinski definition) is 1. The van der Waals surface area contributed by atoms with E-state index in [0.29, 0.717) is 6.61 Å². The molecule has 0 bridgehead atoms. The van der Waals surface area contributed by atoms with Gasteiger partial charge in [-0.2, -0.15) is 0 Å². The van der Waals surface area contributed by atoms with Crippen LogP contribution in [0.1, 0.15) is 28.8 Å². The van der Waals surface area contributed by atoms with E-state index in [0.717, 1.165) is 25.0 Å². The molecule has 0 aliphatic carbocycles. The maximum absolute atomic E-state index is 12.1. The first-order valence-corrected chi connectivity index (χ1v) is 6.73. The average molecular weight is 309 g/mol. The van der Waals surface area contributed by atoms with Crippen molar-refractivity contribution in [3.63, 3.8) is 0 Å². The smallest absolute Gasteiger partial charge is 0.279 e. The number of rotatable bonds is 5. The molecular weight excluding hydrogens is 294 g/mol. The lowest BCUT2D eigenvalue weighted by atomic mass is 10.1. The molecule has 1 fully saturated rings. The van der Waals surface area contributed by atoms with Crippen molar-refractivity contribution >= 4 is 17.3 Å². The van der Waals surface area contributed by atoms with Crippen LogP contribution in [0.4, 0.5) is 11.4 Å². The predicted molar refractivity (Wildman–Crippen MR) is 75.8 cm³/mol. The van der Waals surface area contributed by atoms with Crippen molar-refractivity contribution in [1.29, 1.82) is 0 Å². The lowest BCUT2D eigenvalue weighted by Crippen LogP contribution is -2.31. The standard InChI is InChI=1S/C13H15N3O6/c1-8-11(15(18)19)5-9(6-12(8)16(20)21)13(17)14-7-10-3-2-4-22-10/h5-6,10H,2-4,7H2,1H3,(H,14,17)/t10-/m1/s1. The van der Waals surface area contributed by atoms with Crippen molar-refractivity contribution in [2.24, 2.45) is 0 Å². The Kier molecular flexibility index (Phi) is 4.66. The summed E-state index contributed by atoms with van der Waals surface area (Å²) in [5, 5.41) is 24.5. The average Bonchev–Trinajstić information content (AvgIpc) is 2.97. The molecule has 1 aromatic carbocycles. The van der Waals surface area contributed by atoms with Crippen molar-refractivity contribution in [2.75, 3.05) is 13.2 Å². The van der Waals surface area contributed by atoms with Gasteiger partial charge in [0.2, 0.25) is 0 Å². The number of ether oxygens (including phenoxy) is 1. The highest BCUT2D eigenvalue weighted by Crippen LogP contribution is 2.29. The van der Waals surface area contributed by atoms with Gasteiger partial charge in [-0.25, -0.2) is 0 Å². The highest BCUT2D eigenvalue weighted by atomic mass is 16.6. The van der Waals surface area contributed by atoms with E-state index in [-0.39, 0.29) is 23.8 Å². The van der Waals surface area contributed by atoms with E-state index in [1.165, 1.54) is 6.92 Å². The Balaban J connectivity index is 2.23. The fraction of sp³-hybridized carbons (Fsp3) is 0.462. The van der Waals surface area contributed by atoms with Crippen molar-refractivity contribution in [2.45, 2.75) is 25.9 Å². The molecule has 1 saturated heterocycles. The van der Waals surface area contributed by atoms with Crippen LogP contribution in [0.3, 0.4) is 0 Å². The van der Waals surface area contributed by atoms with Crippen LogP contribution in [0.5, 0.6) is 0 Å². The zero-order valence-corrected chi connectivity index (χ0v) is 11.9. The molecular formula is C13H15N3O6. The van der Waals surface area contributed by atoms with Gasteiger partial charge in [0.25, 0.3) is 17.3 Å². The number of hydrogen-bond acceptors (Lipinski definition) is 6. The molecule has 1 aliphatic heterocycles. The van der Waals surface area contributed by atoms with E-state index in [1.807, 2.05) is 0 Å². The van der Waals surface area contributed by atoms with Gasteiger partial charge in [-0.15, -0.1) is 0 Å². The van der Waals surface area contributed by atoms with Gasteiger partial charge in [0.1, 0.15) is 5.56 Å². The Bertz CT molecular complexity index is 589. The minimum atomic E-state index is -0.737. The number of amides is 1. The molecule has 2 rings (SSSR count). The van der Waals surface area contributed by atoms with Crippen LogP contribution in [0, 0.1) is 27.2 Å². The van der Waals surface area contributed by atoms with Crippen LogP contribution in [-0.2, 0) is 4.74 Å². The lowest BCUT2D eigenvalue weighted by molar-refractivity contribution is -0.395. The minimum absolute atomic E-state index is 0.0781. The third kappa shape index (κ3) is 3.37. The summed E-state index contributed by atoms with van der Waals surface area (Å²) in [4.78, 5) is 32.5. The summed E-state index contributed by atoms with van der Waals surface area (Å²) in [7, 11) is 0. The van der Waals surface area contributed by atoms with Crippen LogP contribution >= 0.6 is 0 Å². The summed E-state index contributed by atoms with van der Waals surface area (Å²) < 4.78 is 5.35. The van der Waals surface area contributed by atoms with E-state index in [2.05, 4.69) is 5.32 Å². The fourth-order valence-corrected chi connectivity index (χ4v) is 2.31. The first-order valence-electron chi connectivity index (χ1n) is 6.73. The third-order valence-electron chi connectivity index (χ3n) is 3.52. The van der Waals surface area contributed by atoms with Gasteiger partial charge in [0.05, 0.1) is 21.5 Å². The van der Waals surface area contributed by atoms with Crippen molar-refractivity contribution in [3.05, 3.63) is 43.5 Å². The maximum Gasteiger partial charge on any atom is 0.279 e. The van der Waals surface area contributed by atoms with E-state index < -0.39 is 27.1 Å². The number of carbonyl (C=O) groups excluding carboxylic acids is 1. The van der Waals surface area contributed by atoms with Crippen LogP contribution in [0.25, 0.3) is 0 Å². The molecule has 0 aromatic heterocycles. The molecule has 0 saturated carbocycles. The quantitative estimate of drug-likeness (QED) is 0.652. The molecule has 118 valence electrons. The second kappa shape index (κ2) is 6.48.